The maximum atomic E-state index is 5.50. The molecule has 0 saturated carbocycles. The van der Waals surface area contributed by atoms with Gasteiger partial charge >= 0.3 is 0 Å². The van der Waals surface area contributed by atoms with Crippen molar-refractivity contribution >= 4 is 18.5 Å². The second-order valence-corrected chi connectivity index (χ2v) is 4.12. The Hall–Kier alpha value is -2.60. The molecule has 0 aliphatic rings. The highest BCUT2D eigenvalue weighted by atomic mass is 16.5. The number of hydrogen-bond donors (Lipinski definition) is 1. The molecule has 0 aliphatic heterocycles. The van der Waals surface area contributed by atoms with E-state index in [1.54, 1.807) is 18.3 Å². The van der Waals surface area contributed by atoms with E-state index in [-0.39, 0.29) is 0 Å². The Morgan fingerprint density at radius 1 is 1.36 bits per heavy atom. The van der Waals surface area contributed by atoms with Gasteiger partial charge in [-0.3, -0.25) is 5.41 Å². The van der Waals surface area contributed by atoms with Crippen LogP contribution in [0.25, 0.3) is 6.08 Å². The molecule has 6 nitrogen and oxygen atoms in total. The average Bonchev–Trinajstić information content (AvgIpc) is 2.57. The molecule has 116 valence electrons. The third-order valence-electron chi connectivity index (χ3n) is 2.55. The average molecular weight is 302 g/mol. The molecule has 0 radical (unpaired) electrons. The van der Waals surface area contributed by atoms with Crippen molar-refractivity contribution in [1.82, 2.24) is 4.98 Å². The van der Waals surface area contributed by atoms with Gasteiger partial charge in [-0.15, -0.1) is 0 Å². The Morgan fingerprint density at radius 2 is 2.23 bits per heavy atom. The second kappa shape index (κ2) is 11.1. The molecule has 0 saturated heterocycles. The molecule has 0 unspecified atom stereocenters. The number of nitrogens with zero attached hydrogens (tertiary/aromatic N) is 3. The Labute approximate surface area is 130 Å². The maximum absolute atomic E-state index is 5.50. The number of ether oxygens (including phenoxy) is 2. The molecule has 22 heavy (non-hydrogen) atoms. The molecule has 0 spiro atoms. The van der Waals surface area contributed by atoms with E-state index in [9.17, 15) is 0 Å². The Bertz CT molecular complexity index is 553. The van der Waals surface area contributed by atoms with Crippen molar-refractivity contribution in [3.05, 3.63) is 55.5 Å². The third kappa shape index (κ3) is 7.25. The van der Waals surface area contributed by atoms with Gasteiger partial charge in [-0.2, -0.15) is 4.57 Å². The summed E-state index contributed by atoms with van der Waals surface area (Å²) in [6.45, 7) is 9.58. The molecule has 1 heterocycles. The van der Waals surface area contributed by atoms with Crippen LogP contribution in [0.1, 0.15) is 5.69 Å². The van der Waals surface area contributed by atoms with Crippen LogP contribution in [0, 0.1) is 0 Å². The summed E-state index contributed by atoms with van der Waals surface area (Å²) in [5, 5.41) is 5.20. The molecular weight excluding hydrogens is 280 g/mol. The standard InChI is InChI=1S/C16H21N4O2/c1-3-15-13-20(8-7-19-15)9-10-21-11-12-22-14-16(4-2)18-6-5-17/h3-8,13-14,17H,1-2,9-12H2/q+1/p+1/b16-14-,17-5?,18-6?. The van der Waals surface area contributed by atoms with Gasteiger partial charge in [0.2, 0.25) is 0 Å². The third-order valence-corrected chi connectivity index (χ3v) is 2.55. The smallest absolute Gasteiger partial charge is 0.194 e. The van der Waals surface area contributed by atoms with Crippen LogP contribution in [0.15, 0.2) is 54.8 Å². The predicted molar refractivity (Wildman–Crippen MR) is 86.1 cm³/mol. The lowest BCUT2D eigenvalue weighted by atomic mass is 10.4. The predicted octanol–water partition coefficient (Wildman–Crippen LogP) is -0.0266. The largest absolute Gasteiger partial charge is 0.497 e. The first-order valence-corrected chi connectivity index (χ1v) is 6.87. The number of rotatable bonds is 11. The molecule has 0 aliphatic carbocycles. The van der Waals surface area contributed by atoms with Crippen molar-refractivity contribution in [2.24, 2.45) is 4.99 Å². The van der Waals surface area contributed by atoms with Crippen LogP contribution in [0.3, 0.4) is 0 Å². The topological polar surface area (TPSA) is 73.2 Å². The van der Waals surface area contributed by atoms with E-state index in [0.717, 1.165) is 12.2 Å². The van der Waals surface area contributed by atoms with Crippen molar-refractivity contribution in [1.29, 1.82) is 0 Å². The Kier molecular flexibility index (Phi) is 8.81. The van der Waals surface area contributed by atoms with Crippen molar-refractivity contribution in [3.63, 3.8) is 0 Å². The molecule has 1 aromatic heterocycles. The van der Waals surface area contributed by atoms with Crippen LogP contribution in [0.4, 0.5) is 0 Å². The summed E-state index contributed by atoms with van der Waals surface area (Å²) in [5.41, 5.74) is 1.44. The fourth-order valence-corrected chi connectivity index (χ4v) is 1.48. The Balaban J connectivity index is 2.18. The van der Waals surface area contributed by atoms with Gasteiger partial charge in [0.15, 0.2) is 25.2 Å². The van der Waals surface area contributed by atoms with Crippen LogP contribution >= 0.6 is 0 Å². The van der Waals surface area contributed by atoms with E-state index >= 15 is 0 Å². The second-order valence-electron chi connectivity index (χ2n) is 4.12. The lowest BCUT2D eigenvalue weighted by Crippen LogP contribution is -2.36. The first kappa shape index (κ1) is 17.5. The van der Waals surface area contributed by atoms with Crippen LogP contribution < -0.4 is 9.98 Å². The fraction of sp³-hybridized carbons (Fsp3) is 0.250. The molecule has 6 heteroatoms. The van der Waals surface area contributed by atoms with Crippen LogP contribution in [0.2, 0.25) is 0 Å². The summed E-state index contributed by atoms with van der Waals surface area (Å²) in [5.74, 6) is 0. The molecule has 2 N–H and O–H groups in total. The van der Waals surface area contributed by atoms with Gasteiger partial charge < -0.3 is 9.47 Å². The molecule has 1 aromatic rings. The van der Waals surface area contributed by atoms with Crippen LogP contribution in [-0.2, 0) is 16.0 Å². The van der Waals surface area contributed by atoms with Crippen molar-refractivity contribution < 1.29 is 19.5 Å². The van der Waals surface area contributed by atoms with Gasteiger partial charge in [0.05, 0.1) is 24.7 Å². The minimum absolute atomic E-state index is 0.443. The zero-order valence-corrected chi connectivity index (χ0v) is 12.6. The van der Waals surface area contributed by atoms with Gasteiger partial charge in [0, 0.05) is 0 Å². The quantitative estimate of drug-likeness (QED) is 0.205. The highest BCUT2D eigenvalue weighted by Gasteiger charge is 2.01. The first-order valence-electron chi connectivity index (χ1n) is 6.87. The van der Waals surface area contributed by atoms with E-state index in [1.807, 2.05) is 17.0 Å². The van der Waals surface area contributed by atoms with E-state index in [4.69, 9.17) is 14.9 Å². The number of aromatic nitrogens is 2. The first-order chi connectivity index (χ1) is 10.8. The van der Waals surface area contributed by atoms with E-state index in [1.165, 1.54) is 18.7 Å². The number of aliphatic imine (C=N–C) groups is 1. The maximum Gasteiger partial charge on any atom is 0.194 e. The minimum atomic E-state index is 0.443. The molecule has 0 amide bonds. The fourth-order valence-electron chi connectivity index (χ4n) is 1.48. The van der Waals surface area contributed by atoms with Gasteiger partial charge in [-0.1, -0.05) is 13.2 Å². The Morgan fingerprint density at radius 3 is 2.95 bits per heavy atom. The van der Waals surface area contributed by atoms with Crippen molar-refractivity contribution in [2.45, 2.75) is 6.54 Å². The van der Waals surface area contributed by atoms with Crippen LogP contribution in [0.5, 0.6) is 0 Å². The lowest BCUT2D eigenvalue weighted by molar-refractivity contribution is -0.699. The summed E-state index contributed by atoms with van der Waals surface area (Å²) in [6, 6.07) is 0. The summed E-state index contributed by atoms with van der Waals surface area (Å²) in [4.78, 5) is 8.14. The van der Waals surface area contributed by atoms with Gasteiger partial charge in [-0.25, -0.2) is 9.98 Å². The number of nitrogens with two attached hydrogens (primary N) is 1. The number of hydrogen-bond acceptors (Lipinski definition) is 4. The minimum Gasteiger partial charge on any atom is -0.497 e. The summed E-state index contributed by atoms with van der Waals surface area (Å²) < 4.78 is 12.8. The van der Waals surface area contributed by atoms with E-state index in [0.29, 0.717) is 25.5 Å². The zero-order chi connectivity index (χ0) is 16.0. The van der Waals surface area contributed by atoms with Gasteiger partial charge in [-0.05, 0) is 12.2 Å². The molecule has 1 rings (SSSR count). The zero-order valence-electron chi connectivity index (χ0n) is 12.6. The van der Waals surface area contributed by atoms with Gasteiger partial charge in [0.25, 0.3) is 0 Å². The van der Waals surface area contributed by atoms with E-state index < -0.39 is 0 Å². The van der Waals surface area contributed by atoms with Crippen molar-refractivity contribution in [3.8, 4) is 0 Å². The molecule has 0 bridgehead atoms. The lowest BCUT2D eigenvalue weighted by Gasteiger charge is -2.03. The normalized spacial score (nSPS) is 11.4. The van der Waals surface area contributed by atoms with Gasteiger partial charge in [0.1, 0.15) is 25.2 Å². The SMILES string of the molecule is C=C/C(=C/OCCOCC[n+]1ccnc(C=C)c1)N=CC=[NH2+]. The van der Waals surface area contributed by atoms with Crippen molar-refractivity contribution in [2.75, 3.05) is 19.8 Å². The highest BCUT2D eigenvalue weighted by molar-refractivity contribution is 6.13. The molecule has 0 atom stereocenters. The molecule has 0 aromatic carbocycles. The van der Waals surface area contributed by atoms with Crippen LogP contribution in [-0.4, -0.2) is 37.2 Å². The summed E-state index contributed by atoms with van der Waals surface area (Å²) in [7, 11) is 0. The van der Waals surface area contributed by atoms with E-state index in [2.05, 4.69) is 23.1 Å². The monoisotopic (exact) mass is 302 g/mol. The summed E-state index contributed by atoms with van der Waals surface area (Å²) in [6.07, 6.45) is 13.2. The molecular formula is C16H22N4O2+2. The molecule has 0 fully saturated rings. The summed E-state index contributed by atoms with van der Waals surface area (Å²) >= 11 is 0. The number of allylic oxidation sites excluding steroid dienone is 1. The highest BCUT2D eigenvalue weighted by Crippen LogP contribution is 1.97.